The summed E-state index contributed by atoms with van der Waals surface area (Å²) < 4.78 is 7.58. The minimum atomic E-state index is 0.137. The number of nitrogens with zero attached hydrogens (tertiary/aromatic N) is 3. The van der Waals surface area contributed by atoms with Gasteiger partial charge in [-0.3, -0.25) is 4.79 Å². The van der Waals surface area contributed by atoms with Gasteiger partial charge in [-0.25, -0.2) is 4.98 Å². The van der Waals surface area contributed by atoms with Crippen molar-refractivity contribution in [2.24, 2.45) is 7.05 Å². The molecule has 1 aliphatic rings. The first-order valence-electron chi connectivity index (χ1n) is 7.19. The van der Waals surface area contributed by atoms with Crippen molar-refractivity contribution in [3.05, 3.63) is 48.0 Å². The number of benzene rings is 1. The number of amides is 1. The smallest absolute Gasteiger partial charge is 0.226 e. The number of carbonyl (C=O) groups excluding carboxylic acids is 1. The first kappa shape index (κ1) is 13.7. The Hall–Kier alpha value is -2.30. The zero-order valence-electron chi connectivity index (χ0n) is 12.2. The van der Waals surface area contributed by atoms with Gasteiger partial charge in [0.15, 0.2) is 0 Å². The molecule has 2 aromatic rings. The van der Waals surface area contributed by atoms with Gasteiger partial charge >= 0.3 is 0 Å². The van der Waals surface area contributed by atoms with Gasteiger partial charge in [-0.2, -0.15) is 0 Å². The van der Waals surface area contributed by atoms with E-state index in [9.17, 15) is 4.79 Å². The molecule has 0 unspecified atom stereocenters. The van der Waals surface area contributed by atoms with E-state index in [4.69, 9.17) is 4.74 Å². The van der Waals surface area contributed by atoms with Crippen LogP contribution in [0.15, 0.2) is 36.7 Å². The summed E-state index contributed by atoms with van der Waals surface area (Å²) in [6, 6.07) is 9.58. The zero-order chi connectivity index (χ0) is 14.7. The molecule has 0 bridgehead atoms. The highest BCUT2D eigenvalue weighted by Gasteiger charge is 2.23. The van der Waals surface area contributed by atoms with E-state index in [1.807, 2.05) is 53.2 Å². The Kier molecular flexibility index (Phi) is 3.90. The molecule has 0 fully saturated rings. The minimum Gasteiger partial charge on any atom is -0.493 e. The highest BCUT2D eigenvalue weighted by molar-refractivity contribution is 5.76. The quantitative estimate of drug-likeness (QED) is 0.860. The number of hydrogen-bond acceptors (Lipinski definition) is 3. The Balaban J connectivity index is 1.51. The standard InChI is InChI=1S/C16H19N3O2/c1-18-12-17-14-7-9-19(11-15(14)18)16(20)8-10-21-13-5-3-2-4-6-13/h2-6,12H,7-11H2,1H3. The van der Waals surface area contributed by atoms with E-state index >= 15 is 0 Å². The average molecular weight is 285 g/mol. The number of rotatable bonds is 4. The maximum atomic E-state index is 12.2. The molecule has 0 spiro atoms. The molecule has 0 N–H and O–H groups in total. The van der Waals surface area contributed by atoms with Crippen molar-refractivity contribution in [2.75, 3.05) is 13.2 Å². The number of para-hydroxylation sites is 1. The van der Waals surface area contributed by atoms with E-state index in [1.54, 1.807) is 0 Å². The Bertz CT molecular complexity index is 622. The van der Waals surface area contributed by atoms with Gasteiger partial charge in [0.05, 0.1) is 37.3 Å². The lowest BCUT2D eigenvalue weighted by atomic mass is 10.1. The molecule has 1 aliphatic heterocycles. The highest BCUT2D eigenvalue weighted by atomic mass is 16.5. The molecule has 21 heavy (non-hydrogen) atoms. The van der Waals surface area contributed by atoms with E-state index < -0.39 is 0 Å². The van der Waals surface area contributed by atoms with Crippen molar-refractivity contribution in [1.82, 2.24) is 14.5 Å². The van der Waals surface area contributed by atoms with Crippen LogP contribution in [-0.2, 0) is 24.8 Å². The zero-order valence-corrected chi connectivity index (χ0v) is 12.2. The van der Waals surface area contributed by atoms with Crippen LogP contribution in [0.5, 0.6) is 5.75 Å². The molecule has 1 amide bonds. The molecular formula is C16H19N3O2. The number of hydrogen-bond donors (Lipinski definition) is 0. The van der Waals surface area contributed by atoms with Crippen molar-refractivity contribution >= 4 is 5.91 Å². The molecule has 110 valence electrons. The van der Waals surface area contributed by atoms with Crippen LogP contribution in [0.1, 0.15) is 17.8 Å². The third-order valence-electron chi connectivity index (χ3n) is 3.79. The maximum Gasteiger partial charge on any atom is 0.226 e. The van der Waals surface area contributed by atoms with Gasteiger partial charge in [0.1, 0.15) is 5.75 Å². The summed E-state index contributed by atoms with van der Waals surface area (Å²) in [5, 5.41) is 0. The molecule has 1 aromatic carbocycles. The van der Waals surface area contributed by atoms with E-state index in [2.05, 4.69) is 4.98 Å². The number of ether oxygens (including phenoxy) is 1. The molecule has 0 saturated heterocycles. The van der Waals surface area contributed by atoms with Crippen LogP contribution < -0.4 is 4.74 Å². The van der Waals surface area contributed by atoms with Gasteiger partial charge in [0, 0.05) is 20.0 Å². The fourth-order valence-corrected chi connectivity index (χ4v) is 2.56. The van der Waals surface area contributed by atoms with Crippen molar-refractivity contribution in [3.8, 4) is 5.75 Å². The van der Waals surface area contributed by atoms with Crippen LogP contribution in [-0.4, -0.2) is 33.5 Å². The summed E-state index contributed by atoms with van der Waals surface area (Å²) in [4.78, 5) is 18.5. The topological polar surface area (TPSA) is 47.4 Å². The van der Waals surface area contributed by atoms with Crippen LogP contribution in [0, 0.1) is 0 Å². The normalized spacial score (nSPS) is 13.9. The highest BCUT2D eigenvalue weighted by Crippen LogP contribution is 2.17. The van der Waals surface area contributed by atoms with Crippen LogP contribution in [0.2, 0.25) is 0 Å². The number of aromatic nitrogens is 2. The monoisotopic (exact) mass is 285 g/mol. The number of carbonyl (C=O) groups is 1. The van der Waals surface area contributed by atoms with Crippen molar-refractivity contribution in [2.45, 2.75) is 19.4 Å². The average Bonchev–Trinajstić information content (AvgIpc) is 2.89. The van der Waals surface area contributed by atoms with Crippen LogP contribution in [0.4, 0.5) is 0 Å². The molecule has 1 aromatic heterocycles. The number of imidazole rings is 1. The number of fused-ring (bicyclic) bond motifs is 1. The molecule has 5 heteroatoms. The largest absolute Gasteiger partial charge is 0.493 e. The van der Waals surface area contributed by atoms with Gasteiger partial charge in [-0.05, 0) is 12.1 Å². The first-order valence-corrected chi connectivity index (χ1v) is 7.19. The molecule has 2 heterocycles. The third kappa shape index (κ3) is 3.07. The molecule has 3 rings (SSSR count). The maximum absolute atomic E-state index is 12.2. The van der Waals surface area contributed by atoms with Crippen molar-refractivity contribution < 1.29 is 9.53 Å². The Morgan fingerprint density at radius 2 is 2.14 bits per heavy atom. The van der Waals surface area contributed by atoms with Gasteiger partial charge < -0.3 is 14.2 Å². The second kappa shape index (κ2) is 5.99. The SMILES string of the molecule is Cn1cnc2c1CN(C(=O)CCOc1ccccc1)CC2. The van der Waals surface area contributed by atoms with Crippen molar-refractivity contribution in [3.63, 3.8) is 0 Å². The lowest BCUT2D eigenvalue weighted by Gasteiger charge is -2.27. The molecule has 0 radical (unpaired) electrons. The van der Waals surface area contributed by atoms with Gasteiger partial charge in [0.2, 0.25) is 5.91 Å². The summed E-state index contributed by atoms with van der Waals surface area (Å²) in [7, 11) is 1.97. The molecule has 0 saturated carbocycles. The summed E-state index contributed by atoms with van der Waals surface area (Å²) in [5.41, 5.74) is 2.25. The molecular weight excluding hydrogens is 266 g/mol. The Labute approximate surface area is 124 Å². The summed E-state index contributed by atoms with van der Waals surface area (Å²) in [5.74, 6) is 0.940. The van der Waals surface area contributed by atoms with Crippen LogP contribution in [0.25, 0.3) is 0 Å². The Morgan fingerprint density at radius 1 is 1.33 bits per heavy atom. The Morgan fingerprint density at radius 3 is 2.95 bits per heavy atom. The number of aryl methyl sites for hydroxylation is 1. The lowest BCUT2D eigenvalue weighted by Crippen LogP contribution is -2.37. The first-order chi connectivity index (χ1) is 10.2. The second-order valence-electron chi connectivity index (χ2n) is 5.23. The summed E-state index contributed by atoms with van der Waals surface area (Å²) in [6.45, 7) is 1.81. The molecule has 0 atom stereocenters. The van der Waals surface area contributed by atoms with E-state index in [1.165, 1.54) is 0 Å². The van der Waals surface area contributed by atoms with Gasteiger partial charge in [-0.15, -0.1) is 0 Å². The van der Waals surface area contributed by atoms with Gasteiger partial charge in [0.25, 0.3) is 0 Å². The third-order valence-corrected chi connectivity index (χ3v) is 3.79. The van der Waals surface area contributed by atoms with Gasteiger partial charge in [-0.1, -0.05) is 18.2 Å². The second-order valence-corrected chi connectivity index (χ2v) is 5.23. The van der Waals surface area contributed by atoms with Crippen molar-refractivity contribution in [1.29, 1.82) is 0 Å². The van der Waals surface area contributed by atoms with Crippen LogP contribution in [0.3, 0.4) is 0 Å². The fraction of sp³-hybridized carbons (Fsp3) is 0.375. The van der Waals surface area contributed by atoms with E-state index in [0.29, 0.717) is 19.6 Å². The lowest BCUT2D eigenvalue weighted by molar-refractivity contribution is -0.132. The van der Waals surface area contributed by atoms with E-state index in [-0.39, 0.29) is 5.91 Å². The fourth-order valence-electron chi connectivity index (χ4n) is 2.56. The molecule has 0 aliphatic carbocycles. The molecule has 5 nitrogen and oxygen atoms in total. The predicted octanol–water partition coefficient (Wildman–Crippen LogP) is 1.77. The summed E-state index contributed by atoms with van der Waals surface area (Å²) in [6.07, 6.45) is 3.06. The predicted molar refractivity (Wildman–Crippen MR) is 78.9 cm³/mol. The summed E-state index contributed by atoms with van der Waals surface area (Å²) >= 11 is 0. The minimum absolute atomic E-state index is 0.137. The van der Waals surface area contributed by atoms with E-state index in [0.717, 1.165) is 30.1 Å². The van der Waals surface area contributed by atoms with Crippen LogP contribution >= 0.6 is 0 Å².